The molecule has 5 rings (SSSR count). The Morgan fingerprint density at radius 1 is 0.971 bits per heavy atom. The molecule has 5 nitrogen and oxygen atoms in total. The lowest BCUT2D eigenvalue weighted by atomic mass is 9.84. The van der Waals surface area contributed by atoms with Crippen LogP contribution in [0.3, 0.4) is 0 Å². The molecule has 0 bridgehead atoms. The molecule has 1 fully saturated rings. The molecule has 1 saturated carbocycles. The molecule has 5 heteroatoms. The molecule has 0 unspecified atom stereocenters. The SMILES string of the molecule is CC(=NNC(=O)c1cc(-c2cccnc2)nc2ccccc12)c1ccc(C2CCCCC2)cc1. The van der Waals surface area contributed by atoms with E-state index in [0.717, 1.165) is 27.7 Å². The summed E-state index contributed by atoms with van der Waals surface area (Å²) in [6.45, 7) is 1.92. The topological polar surface area (TPSA) is 67.2 Å². The van der Waals surface area contributed by atoms with Gasteiger partial charge in [-0.15, -0.1) is 0 Å². The number of hydrogen-bond donors (Lipinski definition) is 1. The van der Waals surface area contributed by atoms with Gasteiger partial charge in [-0.05, 0) is 61.1 Å². The van der Waals surface area contributed by atoms with Gasteiger partial charge in [0.2, 0.25) is 0 Å². The van der Waals surface area contributed by atoms with Crippen LogP contribution in [0.4, 0.5) is 0 Å². The van der Waals surface area contributed by atoms with Crippen LogP contribution in [0.15, 0.2) is 84.2 Å². The normalized spacial score (nSPS) is 14.8. The highest BCUT2D eigenvalue weighted by Crippen LogP contribution is 2.32. The van der Waals surface area contributed by atoms with Gasteiger partial charge in [-0.1, -0.05) is 61.7 Å². The summed E-state index contributed by atoms with van der Waals surface area (Å²) in [4.78, 5) is 22.1. The Labute approximate surface area is 200 Å². The van der Waals surface area contributed by atoms with Gasteiger partial charge in [0.15, 0.2) is 0 Å². The smallest absolute Gasteiger partial charge is 0.267 e. The van der Waals surface area contributed by atoms with Crippen LogP contribution in [-0.2, 0) is 0 Å². The zero-order chi connectivity index (χ0) is 23.3. The predicted molar refractivity (Wildman–Crippen MR) is 137 cm³/mol. The van der Waals surface area contributed by atoms with Gasteiger partial charge in [0.1, 0.15) is 0 Å². The number of benzene rings is 2. The minimum Gasteiger partial charge on any atom is -0.267 e. The third-order valence-corrected chi connectivity index (χ3v) is 6.65. The van der Waals surface area contributed by atoms with E-state index in [0.29, 0.717) is 17.2 Å². The number of nitrogens with one attached hydrogen (secondary N) is 1. The molecular formula is C29H28N4O. The van der Waals surface area contributed by atoms with Gasteiger partial charge in [0.05, 0.1) is 22.5 Å². The second kappa shape index (κ2) is 9.96. The first-order valence-electron chi connectivity index (χ1n) is 11.9. The lowest BCUT2D eigenvalue weighted by Crippen LogP contribution is -2.20. The number of carbonyl (C=O) groups excluding carboxylic acids is 1. The Kier molecular flexibility index (Phi) is 6.43. The highest BCUT2D eigenvalue weighted by atomic mass is 16.2. The molecule has 0 saturated heterocycles. The van der Waals surface area contributed by atoms with Crippen molar-refractivity contribution >= 4 is 22.5 Å². The summed E-state index contributed by atoms with van der Waals surface area (Å²) >= 11 is 0. The molecule has 2 aromatic carbocycles. The van der Waals surface area contributed by atoms with Crippen molar-refractivity contribution in [3.05, 3.63) is 95.8 Å². The van der Waals surface area contributed by atoms with Crippen LogP contribution >= 0.6 is 0 Å². The van der Waals surface area contributed by atoms with E-state index in [1.165, 1.54) is 37.7 Å². The van der Waals surface area contributed by atoms with E-state index < -0.39 is 0 Å². The van der Waals surface area contributed by atoms with Crippen molar-refractivity contribution in [2.45, 2.75) is 44.9 Å². The first-order chi connectivity index (χ1) is 16.7. The molecule has 2 heterocycles. The first-order valence-corrected chi connectivity index (χ1v) is 11.9. The number of amides is 1. The van der Waals surface area contributed by atoms with Crippen molar-refractivity contribution in [1.82, 2.24) is 15.4 Å². The Hall–Kier alpha value is -3.86. The Morgan fingerprint density at radius 3 is 2.53 bits per heavy atom. The van der Waals surface area contributed by atoms with Gasteiger partial charge in [-0.2, -0.15) is 5.10 Å². The third-order valence-electron chi connectivity index (χ3n) is 6.65. The number of pyridine rings is 2. The monoisotopic (exact) mass is 448 g/mol. The number of carbonyl (C=O) groups is 1. The van der Waals surface area contributed by atoms with Crippen molar-refractivity contribution in [1.29, 1.82) is 0 Å². The van der Waals surface area contributed by atoms with E-state index in [4.69, 9.17) is 4.98 Å². The molecule has 0 aliphatic heterocycles. The largest absolute Gasteiger partial charge is 0.272 e. The van der Waals surface area contributed by atoms with Gasteiger partial charge < -0.3 is 0 Å². The summed E-state index contributed by atoms with van der Waals surface area (Å²) in [5.74, 6) is 0.413. The Morgan fingerprint density at radius 2 is 1.76 bits per heavy atom. The van der Waals surface area contributed by atoms with E-state index in [1.54, 1.807) is 18.5 Å². The zero-order valence-electron chi connectivity index (χ0n) is 19.4. The number of fused-ring (bicyclic) bond motifs is 1. The minimum atomic E-state index is -0.262. The molecule has 170 valence electrons. The lowest BCUT2D eigenvalue weighted by molar-refractivity contribution is 0.0956. The van der Waals surface area contributed by atoms with Gasteiger partial charge in [0, 0.05) is 23.3 Å². The van der Waals surface area contributed by atoms with Crippen molar-refractivity contribution < 1.29 is 4.79 Å². The van der Waals surface area contributed by atoms with E-state index in [9.17, 15) is 4.79 Å². The maximum absolute atomic E-state index is 13.2. The van der Waals surface area contributed by atoms with E-state index >= 15 is 0 Å². The van der Waals surface area contributed by atoms with Crippen molar-refractivity contribution in [2.75, 3.05) is 0 Å². The fourth-order valence-corrected chi connectivity index (χ4v) is 4.72. The molecule has 1 aliphatic carbocycles. The standard InChI is InChI=1S/C29H28N4O/c1-20(21-13-15-23(16-14-21)22-8-3-2-4-9-22)32-33-29(34)26-18-28(24-10-7-17-30-19-24)31-27-12-6-5-11-25(26)27/h5-7,10-19,22H,2-4,8-9H2,1H3,(H,33,34). The number of hydrogen-bond acceptors (Lipinski definition) is 4. The molecule has 1 aliphatic rings. The Bertz CT molecular complexity index is 1320. The quantitative estimate of drug-likeness (QED) is 0.280. The number of hydrazone groups is 1. The summed E-state index contributed by atoms with van der Waals surface area (Å²) < 4.78 is 0. The summed E-state index contributed by atoms with van der Waals surface area (Å²) in [7, 11) is 0. The van der Waals surface area contributed by atoms with Crippen molar-refractivity contribution in [3.63, 3.8) is 0 Å². The molecule has 4 aromatic rings. The van der Waals surface area contributed by atoms with Crippen LogP contribution in [-0.4, -0.2) is 21.6 Å². The minimum absolute atomic E-state index is 0.262. The molecule has 1 N–H and O–H groups in total. The average Bonchev–Trinajstić information content (AvgIpc) is 2.92. The maximum Gasteiger partial charge on any atom is 0.272 e. The van der Waals surface area contributed by atoms with Gasteiger partial charge >= 0.3 is 0 Å². The average molecular weight is 449 g/mol. The molecule has 0 atom stereocenters. The predicted octanol–water partition coefficient (Wildman–Crippen LogP) is 6.50. The fourth-order valence-electron chi connectivity index (χ4n) is 4.72. The number of rotatable bonds is 5. The zero-order valence-corrected chi connectivity index (χ0v) is 19.4. The van der Waals surface area contributed by atoms with Crippen molar-refractivity contribution in [2.24, 2.45) is 5.10 Å². The molecule has 0 spiro atoms. The van der Waals surface area contributed by atoms with Crippen LogP contribution in [0.5, 0.6) is 0 Å². The highest BCUT2D eigenvalue weighted by molar-refractivity contribution is 6.08. The van der Waals surface area contributed by atoms with Gasteiger partial charge in [0.25, 0.3) is 5.91 Å². The van der Waals surface area contributed by atoms with Gasteiger partial charge in [-0.3, -0.25) is 9.78 Å². The fraction of sp³-hybridized carbons (Fsp3) is 0.241. The molecule has 34 heavy (non-hydrogen) atoms. The van der Waals surface area contributed by atoms with Crippen LogP contribution < -0.4 is 5.43 Å². The number of nitrogens with zero attached hydrogens (tertiary/aromatic N) is 3. The van der Waals surface area contributed by atoms with Crippen LogP contribution in [0.25, 0.3) is 22.2 Å². The maximum atomic E-state index is 13.2. The van der Waals surface area contributed by atoms with E-state index in [1.807, 2.05) is 43.3 Å². The summed E-state index contributed by atoms with van der Waals surface area (Å²) in [5, 5.41) is 5.20. The molecule has 1 amide bonds. The van der Waals surface area contributed by atoms with Crippen molar-refractivity contribution in [3.8, 4) is 11.3 Å². The second-order valence-corrected chi connectivity index (χ2v) is 8.91. The number of aromatic nitrogens is 2. The van der Waals surface area contributed by atoms with E-state index in [-0.39, 0.29) is 5.91 Å². The second-order valence-electron chi connectivity index (χ2n) is 8.91. The van der Waals surface area contributed by atoms with Crippen LogP contribution in [0, 0.1) is 0 Å². The van der Waals surface area contributed by atoms with E-state index in [2.05, 4.69) is 39.8 Å². The lowest BCUT2D eigenvalue weighted by Gasteiger charge is -2.22. The molecular weight excluding hydrogens is 420 g/mol. The van der Waals surface area contributed by atoms with Gasteiger partial charge in [-0.25, -0.2) is 10.4 Å². The van der Waals surface area contributed by atoms with Crippen LogP contribution in [0.2, 0.25) is 0 Å². The third kappa shape index (κ3) is 4.74. The summed E-state index contributed by atoms with van der Waals surface area (Å²) in [5.41, 5.74) is 8.80. The molecule has 0 radical (unpaired) electrons. The summed E-state index contributed by atoms with van der Waals surface area (Å²) in [6.07, 6.45) is 10.0. The Balaban J connectivity index is 1.38. The van der Waals surface area contributed by atoms with Crippen LogP contribution in [0.1, 0.15) is 66.4 Å². The first kappa shape index (κ1) is 22.0. The molecule has 2 aromatic heterocycles. The number of para-hydroxylation sites is 1. The summed E-state index contributed by atoms with van der Waals surface area (Å²) in [6, 6.07) is 21.9. The highest BCUT2D eigenvalue weighted by Gasteiger charge is 2.16.